The maximum atomic E-state index is 12.4. The van der Waals surface area contributed by atoms with Crippen molar-refractivity contribution in [2.45, 2.75) is 26.7 Å². The number of carbonyl (C=O) groups is 1. The Morgan fingerprint density at radius 1 is 1.00 bits per heavy atom. The average Bonchev–Trinajstić information content (AvgIpc) is 2.46. The molecule has 0 heterocycles. The Bertz CT molecular complexity index is 645. The molecule has 2 aromatic rings. The Kier molecular flexibility index (Phi) is 4.63. The number of methoxy groups -OCH3 is 1. The first kappa shape index (κ1) is 15.1. The van der Waals surface area contributed by atoms with Gasteiger partial charge in [-0.15, -0.1) is 0 Å². The van der Waals surface area contributed by atoms with Crippen LogP contribution in [0.2, 0.25) is 0 Å². The highest BCUT2D eigenvalue weighted by Crippen LogP contribution is 2.30. The van der Waals surface area contributed by atoms with Crippen LogP contribution in [0.4, 0.5) is 0 Å². The summed E-state index contributed by atoms with van der Waals surface area (Å²) >= 11 is 0. The molecule has 0 amide bonds. The molecule has 2 aromatic carbocycles. The second-order valence-corrected chi connectivity index (χ2v) is 5.23. The highest BCUT2D eigenvalue weighted by atomic mass is 16.5. The van der Waals surface area contributed by atoms with E-state index in [4.69, 9.17) is 9.47 Å². The van der Waals surface area contributed by atoms with Crippen molar-refractivity contribution in [1.82, 2.24) is 0 Å². The quantitative estimate of drug-likeness (QED) is 0.618. The zero-order valence-corrected chi connectivity index (χ0v) is 12.8. The Labute approximate surface area is 125 Å². The molecule has 0 aliphatic rings. The van der Waals surface area contributed by atoms with E-state index >= 15 is 0 Å². The molecular formula is C18H20O3. The van der Waals surface area contributed by atoms with Crippen LogP contribution in [-0.2, 0) is 0 Å². The first-order chi connectivity index (χ1) is 10.0. The normalized spacial score (nSPS) is 10.5. The zero-order chi connectivity index (χ0) is 15.4. The highest BCUT2D eigenvalue weighted by Gasteiger charge is 2.17. The first-order valence-electron chi connectivity index (χ1n) is 6.99. The van der Waals surface area contributed by atoms with Crippen LogP contribution in [0.1, 0.15) is 41.3 Å². The van der Waals surface area contributed by atoms with Gasteiger partial charge in [-0.2, -0.15) is 0 Å². The van der Waals surface area contributed by atoms with Crippen molar-refractivity contribution in [1.29, 1.82) is 0 Å². The minimum Gasteiger partial charge on any atom is -0.496 e. The molecule has 3 nitrogen and oxygen atoms in total. The second-order valence-electron chi connectivity index (χ2n) is 5.23. The van der Waals surface area contributed by atoms with Gasteiger partial charge in [-0.1, -0.05) is 38.1 Å². The summed E-state index contributed by atoms with van der Waals surface area (Å²) in [7, 11) is 1.54. The molecule has 0 radical (unpaired) electrons. The van der Waals surface area contributed by atoms with Crippen LogP contribution in [0, 0.1) is 6.92 Å². The Morgan fingerprint density at radius 3 is 2.33 bits per heavy atom. The van der Waals surface area contributed by atoms with E-state index in [2.05, 4.69) is 13.8 Å². The summed E-state index contributed by atoms with van der Waals surface area (Å²) < 4.78 is 10.8. The molecule has 0 aliphatic carbocycles. The number of ether oxygens (including phenoxy) is 2. The molecule has 3 heteroatoms. The van der Waals surface area contributed by atoms with E-state index in [1.807, 2.05) is 31.2 Å². The van der Waals surface area contributed by atoms with E-state index < -0.39 is 5.97 Å². The van der Waals surface area contributed by atoms with Gasteiger partial charge in [0.25, 0.3) is 0 Å². The van der Waals surface area contributed by atoms with E-state index in [0.717, 1.165) is 11.1 Å². The average molecular weight is 284 g/mol. The number of rotatable bonds is 4. The van der Waals surface area contributed by atoms with Gasteiger partial charge < -0.3 is 9.47 Å². The third kappa shape index (κ3) is 3.24. The molecule has 0 bridgehead atoms. The van der Waals surface area contributed by atoms with Gasteiger partial charge in [0.15, 0.2) is 0 Å². The monoisotopic (exact) mass is 284 g/mol. The maximum Gasteiger partial charge on any atom is 0.347 e. The summed E-state index contributed by atoms with van der Waals surface area (Å²) in [5.74, 6) is 1.01. The lowest BCUT2D eigenvalue weighted by Crippen LogP contribution is -2.12. The summed E-state index contributed by atoms with van der Waals surface area (Å²) in [5.41, 5.74) is 2.60. The summed E-state index contributed by atoms with van der Waals surface area (Å²) in [4.78, 5) is 12.4. The van der Waals surface area contributed by atoms with Gasteiger partial charge in [0, 0.05) is 5.56 Å². The van der Waals surface area contributed by atoms with Crippen LogP contribution in [0.25, 0.3) is 0 Å². The van der Waals surface area contributed by atoms with E-state index in [1.54, 1.807) is 25.3 Å². The fraction of sp³-hybridized carbons (Fsp3) is 0.278. The van der Waals surface area contributed by atoms with Crippen LogP contribution in [0.3, 0.4) is 0 Å². The fourth-order valence-electron chi connectivity index (χ4n) is 2.45. The second kappa shape index (κ2) is 6.44. The number of esters is 1. The maximum absolute atomic E-state index is 12.4. The first-order valence-corrected chi connectivity index (χ1v) is 6.99. The number of hydrogen-bond donors (Lipinski definition) is 0. The van der Waals surface area contributed by atoms with Crippen molar-refractivity contribution in [3.05, 3.63) is 59.2 Å². The van der Waals surface area contributed by atoms with Crippen LogP contribution in [-0.4, -0.2) is 13.1 Å². The lowest BCUT2D eigenvalue weighted by atomic mass is 9.97. The van der Waals surface area contributed by atoms with Crippen molar-refractivity contribution in [3.8, 4) is 11.5 Å². The largest absolute Gasteiger partial charge is 0.496 e. The molecular weight excluding hydrogens is 264 g/mol. The Hall–Kier alpha value is -2.29. The molecule has 2 rings (SSSR count). The van der Waals surface area contributed by atoms with E-state index in [-0.39, 0.29) is 5.92 Å². The summed E-state index contributed by atoms with van der Waals surface area (Å²) in [6.07, 6.45) is 0. The minimum atomic E-state index is -0.403. The number of hydrogen-bond acceptors (Lipinski definition) is 3. The van der Waals surface area contributed by atoms with Crippen LogP contribution in [0.15, 0.2) is 42.5 Å². The number of benzene rings is 2. The fourth-order valence-corrected chi connectivity index (χ4v) is 2.45. The van der Waals surface area contributed by atoms with E-state index in [1.165, 1.54) is 0 Å². The molecule has 21 heavy (non-hydrogen) atoms. The van der Waals surface area contributed by atoms with Crippen molar-refractivity contribution in [2.24, 2.45) is 0 Å². The van der Waals surface area contributed by atoms with E-state index in [0.29, 0.717) is 17.1 Å². The third-order valence-electron chi connectivity index (χ3n) is 3.39. The van der Waals surface area contributed by atoms with Gasteiger partial charge in [-0.3, -0.25) is 0 Å². The molecule has 0 atom stereocenters. The zero-order valence-electron chi connectivity index (χ0n) is 12.8. The molecule has 110 valence electrons. The van der Waals surface area contributed by atoms with Crippen LogP contribution >= 0.6 is 0 Å². The van der Waals surface area contributed by atoms with Crippen LogP contribution in [0.5, 0.6) is 11.5 Å². The van der Waals surface area contributed by atoms with Gasteiger partial charge in [-0.05, 0) is 36.6 Å². The van der Waals surface area contributed by atoms with Crippen molar-refractivity contribution in [3.63, 3.8) is 0 Å². The predicted octanol–water partition coefficient (Wildman–Crippen LogP) is 4.35. The van der Waals surface area contributed by atoms with Gasteiger partial charge in [-0.25, -0.2) is 4.79 Å². The molecule has 0 aliphatic heterocycles. The van der Waals surface area contributed by atoms with E-state index in [9.17, 15) is 4.79 Å². The summed E-state index contributed by atoms with van der Waals surface area (Å²) in [6.45, 7) is 6.20. The molecule has 0 saturated heterocycles. The molecule has 0 N–H and O–H groups in total. The minimum absolute atomic E-state index is 0.284. The standard InChI is InChI=1S/C18H20O3/c1-12(2)17-13(3)8-7-11-16(17)21-18(19)14-9-5-6-10-15(14)20-4/h5-12H,1-4H3. The lowest BCUT2D eigenvalue weighted by molar-refractivity contribution is 0.0729. The molecule has 0 saturated carbocycles. The molecule has 0 spiro atoms. The summed E-state index contributed by atoms with van der Waals surface area (Å²) in [6, 6.07) is 12.8. The smallest absolute Gasteiger partial charge is 0.347 e. The summed E-state index contributed by atoms with van der Waals surface area (Å²) in [5, 5.41) is 0. The third-order valence-corrected chi connectivity index (χ3v) is 3.39. The SMILES string of the molecule is COc1ccccc1C(=O)Oc1cccc(C)c1C(C)C. The number of para-hydroxylation sites is 1. The Morgan fingerprint density at radius 2 is 1.67 bits per heavy atom. The lowest BCUT2D eigenvalue weighted by Gasteiger charge is -2.16. The number of aryl methyl sites for hydroxylation is 1. The predicted molar refractivity (Wildman–Crippen MR) is 83.2 cm³/mol. The molecule has 0 fully saturated rings. The van der Waals surface area contributed by atoms with Crippen molar-refractivity contribution >= 4 is 5.97 Å². The van der Waals surface area contributed by atoms with Crippen LogP contribution < -0.4 is 9.47 Å². The molecule has 0 aromatic heterocycles. The van der Waals surface area contributed by atoms with Gasteiger partial charge in [0.2, 0.25) is 0 Å². The van der Waals surface area contributed by atoms with Crippen molar-refractivity contribution in [2.75, 3.05) is 7.11 Å². The van der Waals surface area contributed by atoms with Gasteiger partial charge in [0.1, 0.15) is 17.1 Å². The topological polar surface area (TPSA) is 35.5 Å². The van der Waals surface area contributed by atoms with Gasteiger partial charge in [0.05, 0.1) is 7.11 Å². The number of carbonyl (C=O) groups excluding carboxylic acids is 1. The van der Waals surface area contributed by atoms with Gasteiger partial charge >= 0.3 is 5.97 Å². The Balaban J connectivity index is 2.34. The van der Waals surface area contributed by atoms with Crippen molar-refractivity contribution < 1.29 is 14.3 Å². The highest BCUT2D eigenvalue weighted by molar-refractivity contribution is 5.94. The molecule has 0 unspecified atom stereocenters.